The summed E-state index contributed by atoms with van der Waals surface area (Å²) in [5.74, 6) is 0. The summed E-state index contributed by atoms with van der Waals surface area (Å²) in [6.45, 7) is 6.08. The van der Waals surface area contributed by atoms with Crippen molar-refractivity contribution in [3.8, 4) is 11.1 Å². The first-order valence-electron chi connectivity index (χ1n) is 12.1. The third-order valence-corrected chi connectivity index (χ3v) is 9.23. The van der Waals surface area contributed by atoms with Crippen LogP contribution in [0.25, 0.3) is 11.1 Å². The summed E-state index contributed by atoms with van der Waals surface area (Å²) < 4.78 is 26.9. The van der Waals surface area contributed by atoms with Gasteiger partial charge in [0.2, 0.25) is 10.0 Å². The van der Waals surface area contributed by atoms with E-state index in [9.17, 15) is 8.42 Å². The third-order valence-electron chi connectivity index (χ3n) is 7.66. The zero-order valence-corrected chi connectivity index (χ0v) is 21.2. The number of benzene rings is 3. The molecule has 0 radical (unpaired) electrons. The molecule has 0 unspecified atom stereocenters. The average Bonchev–Trinajstić information content (AvgIpc) is 3.51. The predicted molar refractivity (Wildman–Crippen MR) is 140 cm³/mol. The Hall–Kier alpha value is -2.76. The van der Waals surface area contributed by atoms with E-state index in [1.807, 2.05) is 19.1 Å². The lowest BCUT2D eigenvalue weighted by Crippen LogP contribution is -2.19. The van der Waals surface area contributed by atoms with Gasteiger partial charge in [-0.05, 0) is 117 Å². The SMILES string of the molecule is CNS(=O)(=O)c1ccc(-c2cc(N=C(C)C3(c4ccc5c(c4)CCC5)CC3)ccc2C)cc1C. The molecular formula is C29H32N2O2S. The highest BCUT2D eigenvalue weighted by Crippen LogP contribution is 2.50. The van der Waals surface area contributed by atoms with Crippen LogP contribution in [0.15, 0.2) is 64.5 Å². The minimum atomic E-state index is -3.47. The molecule has 1 fully saturated rings. The van der Waals surface area contributed by atoms with Crippen LogP contribution in [0.5, 0.6) is 0 Å². The smallest absolute Gasteiger partial charge is 0.240 e. The Bertz CT molecular complexity index is 1420. The fourth-order valence-electron chi connectivity index (χ4n) is 5.37. The van der Waals surface area contributed by atoms with Gasteiger partial charge >= 0.3 is 0 Å². The van der Waals surface area contributed by atoms with E-state index in [4.69, 9.17) is 4.99 Å². The van der Waals surface area contributed by atoms with Crippen molar-refractivity contribution in [3.05, 3.63) is 82.4 Å². The Balaban J connectivity index is 1.48. The molecule has 5 rings (SSSR count). The standard InChI is InChI=1S/C29H32N2O2S/c1-19-8-12-26(18-27(19)24-10-13-28(20(2)16-24)34(32,33)30-4)31-21(3)29(14-15-29)25-11-9-22-6-5-7-23(22)17-25/h8-13,16-18,30H,5-7,14-15H2,1-4H3. The van der Waals surface area contributed by atoms with Crippen LogP contribution in [0.1, 0.15) is 54.0 Å². The summed E-state index contributed by atoms with van der Waals surface area (Å²) >= 11 is 0. The number of hydrogen-bond acceptors (Lipinski definition) is 3. The fraction of sp³-hybridized carbons (Fsp3) is 0.345. The quantitative estimate of drug-likeness (QED) is 0.435. The van der Waals surface area contributed by atoms with Crippen LogP contribution < -0.4 is 4.72 Å². The van der Waals surface area contributed by atoms with Crippen LogP contribution in [0.2, 0.25) is 0 Å². The molecule has 0 aromatic heterocycles. The second-order valence-corrected chi connectivity index (χ2v) is 11.7. The van der Waals surface area contributed by atoms with Crippen molar-refractivity contribution in [2.45, 2.75) is 63.2 Å². The van der Waals surface area contributed by atoms with Crippen molar-refractivity contribution in [3.63, 3.8) is 0 Å². The topological polar surface area (TPSA) is 58.5 Å². The molecule has 3 aromatic rings. The summed E-state index contributed by atoms with van der Waals surface area (Å²) in [6, 6.07) is 18.9. The molecule has 1 N–H and O–H groups in total. The first kappa shape index (κ1) is 23.0. The minimum absolute atomic E-state index is 0.0718. The van der Waals surface area contributed by atoms with Gasteiger partial charge in [-0.3, -0.25) is 4.99 Å². The number of nitrogens with zero attached hydrogens (tertiary/aromatic N) is 1. The van der Waals surface area contributed by atoms with Crippen LogP contribution in [0, 0.1) is 13.8 Å². The highest BCUT2D eigenvalue weighted by molar-refractivity contribution is 7.89. The zero-order chi connectivity index (χ0) is 24.1. The lowest BCUT2D eigenvalue weighted by atomic mass is 9.89. The monoisotopic (exact) mass is 472 g/mol. The summed E-state index contributed by atoms with van der Waals surface area (Å²) in [4.78, 5) is 5.41. The normalized spacial score (nSPS) is 17.0. The summed E-state index contributed by atoms with van der Waals surface area (Å²) in [5.41, 5.74) is 10.6. The highest BCUT2D eigenvalue weighted by Gasteiger charge is 2.47. The van der Waals surface area contributed by atoms with Crippen molar-refractivity contribution in [1.29, 1.82) is 0 Å². The second-order valence-electron chi connectivity index (χ2n) is 9.80. The Morgan fingerprint density at radius 3 is 2.38 bits per heavy atom. The summed E-state index contributed by atoms with van der Waals surface area (Å²) in [7, 11) is -2.04. The van der Waals surface area contributed by atoms with Crippen LogP contribution >= 0.6 is 0 Å². The van der Waals surface area contributed by atoms with Gasteiger partial charge in [-0.2, -0.15) is 0 Å². The first-order chi connectivity index (χ1) is 16.2. The maximum atomic E-state index is 12.3. The minimum Gasteiger partial charge on any atom is -0.257 e. The van der Waals surface area contributed by atoms with E-state index >= 15 is 0 Å². The van der Waals surface area contributed by atoms with Gasteiger partial charge < -0.3 is 0 Å². The number of hydrogen-bond donors (Lipinski definition) is 1. The number of nitrogens with one attached hydrogen (secondary N) is 1. The maximum absolute atomic E-state index is 12.3. The Morgan fingerprint density at radius 1 is 0.912 bits per heavy atom. The van der Waals surface area contributed by atoms with Gasteiger partial charge in [-0.25, -0.2) is 13.1 Å². The molecule has 5 heteroatoms. The van der Waals surface area contributed by atoms with E-state index in [0.29, 0.717) is 4.90 Å². The summed E-state index contributed by atoms with van der Waals surface area (Å²) in [6.07, 6.45) is 5.99. The number of aliphatic imine (C=N–C) groups is 1. The Labute approximate surface area is 203 Å². The molecule has 176 valence electrons. The molecule has 0 heterocycles. The molecule has 0 spiro atoms. The van der Waals surface area contributed by atoms with Crippen LogP contribution in [0.4, 0.5) is 5.69 Å². The first-order valence-corrected chi connectivity index (χ1v) is 13.6. The fourth-order valence-corrected chi connectivity index (χ4v) is 6.32. The van der Waals surface area contributed by atoms with Gasteiger partial charge in [0, 0.05) is 11.1 Å². The Morgan fingerprint density at radius 2 is 1.68 bits per heavy atom. The van der Waals surface area contributed by atoms with Crippen molar-refractivity contribution in [1.82, 2.24) is 4.72 Å². The number of fused-ring (bicyclic) bond motifs is 1. The van der Waals surface area contributed by atoms with Crippen molar-refractivity contribution in [2.75, 3.05) is 7.05 Å². The second kappa shape index (κ2) is 8.47. The number of sulfonamides is 1. The van der Waals surface area contributed by atoms with Gasteiger partial charge in [0.1, 0.15) is 0 Å². The lowest BCUT2D eigenvalue weighted by Gasteiger charge is -2.18. The summed E-state index contributed by atoms with van der Waals surface area (Å²) in [5, 5.41) is 0. The number of rotatable bonds is 6. The molecule has 4 nitrogen and oxygen atoms in total. The van der Waals surface area contributed by atoms with Gasteiger partial charge in [0.05, 0.1) is 10.6 Å². The van der Waals surface area contributed by atoms with Crippen LogP contribution in [0.3, 0.4) is 0 Å². The maximum Gasteiger partial charge on any atom is 0.240 e. The van der Waals surface area contributed by atoms with Crippen LogP contribution in [-0.4, -0.2) is 21.2 Å². The van der Waals surface area contributed by atoms with Gasteiger partial charge in [0.15, 0.2) is 0 Å². The van der Waals surface area contributed by atoms with E-state index < -0.39 is 10.0 Å². The molecule has 3 aromatic carbocycles. The van der Waals surface area contributed by atoms with Gasteiger partial charge in [-0.15, -0.1) is 0 Å². The molecule has 34 heavy (non-hydrogen) atoms. The van der Waals surface area contributed by atoms with Crippen molar-refractivity contribution in [2.24, 2.45) is 4.99 Å². The highest BCUT2D eigenvalue weighted by atomic mass is 32.2. The molecular weight excluding hydrogens is 440 g/mol. The van der Waals surface area contributed by atoms with Crippen LogP contribution in [-0.2, 0) is 28.3 Å². The van der Waals surface area contributed by atoms with E-state index in [1.54, 1.807) is 6.07 Å². The lowest BCUT2D eigenvalue weighted by molar-refractivity contribution is 0.587. The van der Waals surface area contributed by atoms with E-state index in [0.717, 1.165) is 40.8 Å². The molecule has 2 aliphatic rings. The van der Waals surface area contributed by atoms with Gasteiger partial charge in [0.25, 0.3) is 0 Å². The van der Waals surface area contributed by atoms with E-state index in [2.05, 4.69) is 55.0 Å². The molecule has 1 saturated carbocycles. The largest absolute Gasteiger partial charge is 0.257 e. The van der Waals surface area contributed by atoms with E-state index in [-0.39, 0.29) is 5.41 Å². The average molecular weight is 473 g/mol. The van der Waals surface area contributed by atoms with E-state index in [1.165, 1.54) is 48.7 Å². The third kappa shape index (κ3) is 4.01. The molecule has 0 amide bonds. The zero-order valence-electron chi connectivity index (χ0n) is 20.4. The number of aryl methyl sites for hydroxylation is 4. The van der Waals surface area contributed by atoms with Crippen molar-refractivity contribution < 1.29 is 8.42 Å². The molecule has 0 bridgehead atoms. The molecule has 0 saturated heterocycles. The predicted octanol–water partition coefficient (Wildman–Crippen LogP) is 6.19. The van der Waals surface area contributed by atoms with Crippen molar-refractivity contribution >= 4 is 21.4 Å². The van der Waals surface area contributed by atoms with Gasteiger partial charge in [-0.1, -0.05) is 36.4 Å². The molecule has 0 aliphatic heterocycles. The molecule has 2 aliphatic carbocycles. The molecule has 0 atom stereocenters. The Kier molecular flexibility index (Phi) is 5.73.